The molecule has 0 aliphatic rings. The van der Waals surface area contributed by atoms with Crippen LogP contribution in [0.3, 0.4) is 0 Å². The summed E-state index contributed by atoms with van der Waals surface area (Å²) < 4.78 is 160. The summed E-state index contributed by atoms with van der Waals surface area (Å²) in [6, 6.07) is 18.0. The van der Waals surface area contributed by atoms with Crippen LogP contribution in [-0.4, -0.2) is 31.7 Å². The van der Waals surface area contributed by atoms with E-state index in [9.17, 15) is 52.7 Å². The van der Waals surface area contributed by atoms with Crippen molar-refractivity contribution in [3.05, 3.63) is 101 Å². The molecule has 0 N–H and O–H groups in total. The molecule has 0 saturated carbocycles. The number of rotatable bonds is 8. The number of hydrogen-bond acceptors (Lipinski definition) is 5. The van der Waals surface area contributed by atoms with Gasteiger partial charge in [-0.1, -0.05) is 42.5 Å². The van der Waals surface area contributed by atoms with Gasteiger partial charge in [-0.25, -0.2) is 8.42 Å². The topological polar surface area (TPSA) is 73.6 Å². The molecule has 41 heavy (non-hydrogen) atoms. The van der Waals surface area contributed by atoms with Gasteiger partial charge in [0.2, 0.25) is 0 Å². The van der Waals surface area contributed by atoms with E-state index in [-0.39, 0.29) is 25.7 Å². The largest absolute Gasteiger partial charge is 0.460 e. The predicted molar refractivity (Wildman–Crippen MR) is 129 cm³/mol. The highest BCUT2D eigenvalue weighted by Crippen LogP contribution is 2.72. The van der Waals surface area contributed by atoms with Crippen LogP contribution in [0.1, 0.15) is 0 Å². The fraction of sp³-hybridized carbons (Fsp3) is 0.160. The number of alkyl halides is 9. The van der Waals surface area contributed by atoms with E-state index in [0.29, 0.717) is 0 Å². The molecule has 1 heterocycles. The van der Waals surface area contributed by atoms with E-state index >= 15 is 0 Å². The van der Waals surface area contributed by atoms with Gasteiger partial charge in [-0.05, 0) is 52.8 Å². The minimum Gasteiger partial charge on any atom is -0.423 e. The van der Waals surface area contributed by atoms with Crippen LogP contribution in [0.4, 0.5) is 39.5 Å². The third-order valence-corrected chi connectivity index (χ3v) is 11.0. The maximum atomic E-state index is 15.0. The van der Waals surface area contributed by atoms with E-state index in [2.05, 4.69) is 0 Å². The zero-order valence-corrected chi connectivity index (χ0v) is 21.6. The van der Waals surface area contributed by atoms with E-state index in [0.717, 1.165) is 42.5 Å². The van der Waals surface area contributed by atoms with Crippen molar-refractivity contribution in [1.29, 1.82) is 0 Å². The molecule has 0 saturated heterocycles. The summed E-state index contributed by atoms with van der Waals surface area (Å²) in [5, 5.41) is -7.25. The van der Waals surface area contributed by atoms with Crippen molar-refractivity contribution in [2.24, 2.45) is 0 Å². The lowest BCUT2D eigenvalue weighted by molar-refractivity contribution is -0.382. The lowest BCUT2D eigenvalue weighted by atomic mass is 10.1. The van der Waals surface area contributed by atoms with Crippen LogP contribution in [0, 0.1) is 0 Å². The molecule has 1 aromatic heterocycles. The third-order valence-electron chi connectivity index (χ3n) is 5.70. The molecule has 4 rings (SSSR count). The highest BCUT2D eigenvalue weighted by molar-refractivity contribution is 8.33. The van der Waals surface area contributed by atoms with Gasteiger partial charge >= 0.3 is 39.0 Å². The first-order chi connectivity index (χ1) is 18.9. The van der Waals surface area contributed by atoms with Crippen LogP contribution in [0.25, 0.3) is 11.0 Å². The first-order valence-corrected chi connectivity index (χ1v) is 14.0. The fourth-order valence-electron chi connectivity index (χ4n) is 3.75. The second kappa shape index (κ2) is 10.1. The molecular formula is C25H15F9O5S2. The molecule has 0 bridgehead atoms. The number of fused-ring (bicyclic) bond motifs is 1. The van der Waals surface area contributed by atoms with Gasteiger partial charge in [0, 0.05) is 26.1 Å². The molecule has 5 nitrogen and oxygen atoms in total. The molecule has 0 unspecified atom stereocenters. The minimum atomic E-state index is -7.51. The molecule has 4 aromatic rings. The Morgan fingerprint density at radius 1 is 0.610 bits per heavy atom. The van der Waals surface area contributed by atoms with E-state index in [4.69, 9.17) is 8.05 Å². The monoisotopic (exact) mass is 630 g/mol. The first kappa shape index (κ1) is 30.5. The molecular weight excluding hydrogens is 615 g/mol. The van der Waals surface area contributed by atoms with Crippen molar-refractivity contribution in [1.82, 2.24) is 0 Å². The van der Waals surface area contributed by atoms with Gasteiger partial charge in [-0.3, -0.25) is 0 Å². The molecule has 0 spiro atoms. The van der Waals surface area contributed by atoms with E-state index in [1.165, 1.54) is 48.5 Å². The Hall–Kier alpha value is -3.50. The third kappa shape index (κ3) is 4.76. The minimum absolute atomic E-state index is 0.138. The van der Waals surface area contributed by atoms with Crippen LogP contribution in [0.15, 0.2) is 115 Å². The smallest absolute Gasteiger partial charge is 0.423 e. The Kier molecular flexibility index (Phi) is 7.50. The van der Waals surface area contributed by atoms with Crippen molar-refractivity contribution in [2.45, 2.75) is 38.0 Å². The van der Waals surface area contributed by atoms with Crippen LogP contribution in [0.5, 0.6) is 0 Å². The standard InChI is InChI=1S/C25H15F9O5S2/c26-22(27,24(30,31)32)23(28,29)25(33,34)41(36,37)39-40(16-8-3-1-4-9-16,17-10-5-2-6-11-17)20-13-7-12-19-18(20)14-15-21(35)38-19/h1-15H. The first-order valence-electron chi connectivity index (χ1n) is 11.0. The summed E-state index contributed by atoms with van der Waals surface area (Å²) in [6.45, 7) is 0. The van der Waals surface area contributed by atoms with Gasteiger partial charge in [-0.15, -0.1) is 0 Å². The SMILES string of the molecule is O=c1ccc2c(S(OS(=O)(=O)C(F)(F)C(F)(F)C(F)(F)C(F)(F)F)(c3ccccc3)c3ccccc3)cccc2o1. The van der Waals surface area contributed by atoms with Crippen LogP contribution in [-0.2, 0) is 13.7 Å². The average Bonchev–Trinajstić information content (AvgIpc) is 2.91. The van der Waals surface area contributed by atoms with Crippen LogP contribution < -0.4 is 5.63 Å². The van der Waals surface area contributed by atoms with Gasteiger partial charge < -0.3 is 4.42 Å². The zero-order valence-electron chi connectivity index (χ0n) is 19.9. The maximum Gasteiger partial charge on any atom is 0.460 e. The van der Waals surface area contributed by atoms with Crippen molar-refractivity contribution < 1.29 is 56.0 Å². The second-order valence-electron chi connectivity index (χ2n) is 8.29. The molecule has 220 valence electrons. The van der Waals surface area contributed by atoms with Crippen molar-refractivity contribution in [2.75, 3.05) is 0 Å². The summed E-state index contributed by atoms with van der Waals surface area (Å²) in [6.07, 6.45) is -7.26. The van der Waals surface area contributed by atoms with Gasteiger partial charge in [0.25, 0.3) is 0 Å². The van der Waals surface area contributed by atoms with E-state index in [1.54, 1.807) is 0 Å². The Bertz CT molecular complexity index is 1680. The van der Waals surface area contributed by atoms with Gasteiger partial charge in [-0.2, -0.15) is 47.9 Å². The van der Waals surface area contributed by atoms with Gasteiger partial charge in [0.1, 0.15) is 5.58 Å². The molecule has 16 heteroatoms. The molecule has 0 radical (unpaired) electrons. The maximum absolute atomic E-state index is 15.0. The quantitative estimate of drug-likeness (QED) is 0.147. The predicted octanol–water partition coefficient (Wildman–Crippen LogP) is 7.76. The Balaban J connectivity index is 2.10. The Morgan fingerprint density at radius 3 is 1.61 bits per heavy atom. The summed E-state index contributed by atoms with van der Waals surface area (Å²) in [5.41, 5.74) is -1.12. The lowest BCUT2D eigenvalue weighted by Gasteiger charge is -2.41. The van der Waals surface area contributed by atoms with E-state index in [1.807, 2.05) is 0 Å². The Morgan fingerprint density at radius 2 is 1.12 bits per heavy atom. The average molecular weight is 631 g/mol. The molecule has 0 fully saturated rings. The van der Waals surface area contributed by atoms with Crippen molar-refractivity contribution in [3.63, 3.8) is 0 Å². The van der Waals surface area contributed by atoms with Crippen LogP contribution >= 0.6 is 10.3 Å². The highest BCUT2D eigenvalue weighted by atomic mass is 32.3. The summed E-state index contributed by atoms with van der Waals surface area (Å²) >= 11 is 0. The van der Waals surface area contributed by atoms with Crippen LogP contribution in [0.2, 0.25) is 0 Å². The Labute approximate surface area is 226 Å². The summed E-state index contributed by atoms with van der Waals surface area (Å²) in [4.78, 5) is 10.9. The van der Waals surface area contributed by atoms with Crippen molar-refractivity contribution >= 4 is 31.4 Å². The molecule has 3 aromatic carbocycles. The molecule has 0 amide bonds. The summed E-state index contributed by atoms with van der Waals surface area (Å²) in [5.74, 6) is -15.0. The fourth-order valence-corrected chi connectivity index (χ4v) is 9.14. The molecule has 0 aliphatic heterocycles. The highest BCUT2D eigenvalue weighted by Gasteiger charge is 2.86. The van der Waals surface area contributed by atoms with Gasteiger partial charge in [0.15, 0.2) is 0 Å². The second-order valence-corrected chi connectivity index (χ2v) is 12.8. The number of halogens is 9. The van der Waals surface area contributed by atoms with E-state index < -0.39 is 49.3 Å². The lowest BCUT2D eigenvalue weighted by Crippen LogP contribution is -2.63. The zero-order chi connectivity index (χ0) is 30.5. The summed E-state index contributed by atoms with van der Waals surface area (Å²) in [7, 11) is -11.6. The number of benzene rings is 3. The number of hydrogen-bond donors (Lipinski definition) is 0. The molecule has 0 atom stereocenters. The normalized spacial score (nSPS) is 14.3. The van der Waals surface area contributed by atoms with Crippen molar-refractivity contribution in [3.8, 4) is 0 Å². The van der Waals surface area contributed by atoms with Gasteiger partial charge in [0.05, 0.1) is 0 Å². The molecule has 0 aliphatic carbocycles.